The van der Waals surface area contributed by atoms with Gasteiger partial charge in [-0.15, -0.1) is 0 Å². The fraction of sp³-hybridized carbons (Fsp3) is 0.250. The normalized spacial score (nSPS) is 12.0. The zero-order valence-corrected chi connectivity index (χ0v) is 15.7. The lowest BCUT2D eigenvalue weighted by atomic mass is 10.1. The third-order valence-electron chi connectivity index (χ3n) is 4.25. The molecule has 152 valence electrons. The van der Waals surface area contributed by atoms with Gasteiger partial charge in [-0.3, -0.25) is 4.79 Å². The van der Waals surface area contributed by atoms with Crippen LogP contribution in [-0.4, -0.2) is 47.8 Å². The molecule has 8 nitrogen and oxygen atoms in total. The summed E-state index contributed by atoms with van der Waals surface area (Å²) in [4.78, 5) is 12.5. The predicted octanol–water partition coefficient (Wildman–Crippen LogP) is 1.02. The first kappa shape index (κ1) is 20.9. The summed E-state index contributed by atoms with van der Waals surface area (Å²) in [6, 6.07) is 14.4. The zero-order valence-electron chi connectivity index (χ0n) is 15.7. The maximum absolute atomic E-state index is 12.5. The molecule has 1 aromatic heterocycles. The van der Waals surface area contributed by atoms with Crippen molar-refractivity contribution in [2.45, 2.75) is 19.1 Å². The van der Waals surface area contributed by atoms with Crippen molar-refractivity contribution in [3.8, 4) is 5.75 Å². The second-order valence-electron chi connectivity index (χ2n) is 6.34. The average molecular weight is 399 g/mol. The summed E-state index contributed by atoms with van der Waals surface area (Å²) in [5, 5.41) is 30.9. The molecular formula is C20H22BNO7. The van der Waals surface area contributed by atoms with Gasteiger partial charge in [0.05, 0.1) is 19.3 Å². The number of rotatable bonds is 10. The third kappa shape index (κ3) is 5.82. The van der Waals surface area contributed by atoms with Gasteiger partial charge in [-0.25, -0.2) is 0 Å². The second-order valence-corrected chi connectivity index (χ2v) is 6.34. The highest BCUT2D eigenvalue weighted by Crippen LogP contribution is 2.22. The van der Waals surface area contributed by atoms with E-state index in [1.54, 1.807) is 30.5 Å². The summed E-state index contributed by atoms with van der Waals surface area (Å²) in [7, 11) is -2.04. The number of fused-ring (bicyclic) bond motifs is 1. The number of furan rings is 1. The van der Waals surface area contributed by atoms with Gasteiger partial charge in [-0.2, -0.15) is 0 Å². The van der Waals surface area contributed by atoms with E-state index in [-0.39, 0.29) is 32.0 Å². The van der Waals surface area contributed by atoms with Crippen LogP contribution in [0.3, 0.4) is 0 Å². The van der Waals surface area contributed by atoms with Gasteiger partial charge in [0.15, 0.2) is 0 Å². The first-order valence-corrected chi connectivity index (χ1v) is 9.14. The highest BCUT2D eigenvalue weighted by atomic mass is 16.6. The van der Waals surface area contributed by atoms with Crippen LogP contribution in [0.25, 0.3) is 11.0 Å². The van der Waals surface area contributed by atoms with Crippen molar-refractivity contribution in [1.82, 2.24) is 5.32 Å². The molecule has 3 rings (SSSR count). The minimum atomic E-state index is -2.04. The molecule has 1 amide bonds. The summed E-state index contributed by atoms with van der Waals surface area (Å²) in [5.74, 6) is 0.112. The van der Waals surface area contributed by atoms with E-state index >= 15 is 0 Å². The smallest absolute Gasteiger partial charge is 0.491 e. The Morgan fingerprint density at radius 3 is 2.66 bits per heavy atom. The van der Waals surface area contributed by atoms with Crippen LogP contribution in [0.15, 0.2) is 59.2 Å². The van der Waals surface area contributed by atoms with Crippen LogP contribution in [0.5, 0.6) is 5.75 Å². The SMILES string of the molecule is O=C(Cc1ccccc1OCCO)N[C@@H](Cc1coc2ccccc12)OB(O)O. The minimum absolute atomic E-state index is 0.00484. The van der Waals surface area contributed by atoms with E-state index in [1.807, 2.05) is 24.3 Å². The number of hydrogen-bond acceptors (Lipinski definition) is 7. The molecule has 1 heterocycles. The van der Waals surface area contributed by atoms with E-state index in [4.69, 9.17) is 18.9 Å². The number of nitrogens with one attached hydrogen (secondary N) is 1. The summed E-state index contributed by atoms with van der Waals surface area (Å²) in [6.45, 7) is -0.0157. The molecule has 0 spiro atoms. The van der Waals surface area contributed by atoms with Gasteiger partial charge in [0.2, 0.25) is 5.91 Å². The molecule has 0 aliphatic heterocycles. The molecule has 0 aliphatic rings. The van der Waals surface area contributed by atoms with Crippen molar-refractivity contribution in [1.29, 1.82) is 0 Å². The molecule has 0 aliphatic carbocycles. The molecule has 0 bridgehead atoms. The molecule has 0 saturated carbocycles. The molecule has 0 radical (unpaired) electrons. The third-order valence-corrected chi connectivity index (χ3v) is 4.25. The second kappa shape index (κ2) is 10.1. The van der Waals surface area contributed by atoms with Gasteiger partial charge in [0, 0.05) is 22.9 Å². The van der Waals surface area contributed by atoms with Crippen LogP contribution in [0, 0.1) is 0 Å². The van der Waals surface area contributed by atoms with Gasteiger partial charge >= 0.3 is 7.32 Å². The topological polar surface area (TPSA) is 121 Å². The number of ether oxygens (including phenoxy) is 1. The Kier molecular flexibility index (Phi) is 7.26. The minimum Gasteiger partial charge on any atom is -0.491 e. The lowest BCUT2D eigenvalue weighted by molar-refractivity contribution is -0.123. The van der Waals surface area contributed by atoms with Gasteiger partial charge in [0.1, 0.15) is 24.2 Å². The summed E-state index contributed by atoms with van der Waals surface area (Å²) < 4.78 is 16.0. The van der Waals surface area contributed by atoms with Crippen molar-refractivity contribution in [3.05, 3.63) is 65.9 Å². The number of amides is 1. The quantitative estimate of drug-likeness (QED) is 0.297. The predicted molar refractivity (Wildman–Crippen MR) is 106 cm³/mol. The number of hydrogen-bond donors (Lipinski definition) is 4. The first-order valence-electron chi connectivity index (χ1n) is 9.14. The van der Waals surface area contributed by atoms with Gasteiger partial charge in [-0.05, 0) is 12.1 Å². The Labute approximate surface area is 167 Å². The molecule has 1 atom stereocenters. The fourth-order valence-electron chi connectivity index (χ4n) is 3.02. The Hall–Kier alpha value is -2.85. The van der Waals surface area contributed by atoms with Crippen LogP contribution >= 0.6 is 0 Å². The van der Waals surface area contributed by atoms with E-state index in [0.29, 0.717) is 16.9 Å². The highest BCUT2D eigenvalue weighted by molar-refractivity contribution is 6.32. The molecule has 9 heteroatoms. The van der Waals surface area contributed by atoms with Gasteiger partial charge in [-0.1, -0.05) is 36.4 Å². The first-order chi connectivity index (χ1) is 14.1. The van der Waals surface area contributed by atoms with Crippen molar-refractivity contribution in [2.75, 3.05) is 13.2 Å². The van der Waals surface area contributed by atoms with E-state index in [1.165, 1.54) is 0 Å². The van der Waals surface area contributed by atoms with Crippen LogP contribution in [0.4, 0.5) is 0 Å². The van der Waals surface area contributed by atoms with E-state index in [9.17, 15) is 14.8 Å². The number of aliphatic hydroxyl groups excluding tert-OH is 1. The number of carbonyl (C=O) groups is 1. The molecule has 3 aromatic rings. The molecule has 0 unspecified atom stereocenters. The summed E-state index contributed by atoms with van der Waals surface area (Å²) in [5.41, 5.74) is 2.08. The van der Waals surface area contributed by atoms with Crippen molar-refractivity contribution < 1.29 is 33.8 Å². The van der Waals surface area contributed by atoms with Crippen LogP contribution < -0.4 is 10.1 Å². The van der Waals surface area contributed by atoms with Crippen molar-refractivity contribution >= 4 is 24.2 Å². The van der Waals surface area contributed by atoms with Crippen LogP contribution in [0.1, 0.15) is 11.1 Å². The van der Waals surface area contributed by atoms with E-state index in [0.717, 1.165) is 10.9 Å². The average Bonchev–Trinajstić information content (AvgIpc) is 3.09. The lowest BCUT2D eigenvalue weighted by Crippen LogP contribution is -2.43. The highest BCUT2D eigenvalue weighted by Gasteiger charge is 2.22. The molecule has 0 fully saturated rings. The van der Waals surface area contributed by atoms with E-state index in [2.05, 4.69) is 5.32 Å². The lowest BCUT2D eigenvalue weighted by Gasteiger charge is -2.19. The monoisotopic (exact) mass is 399 g/mol. The Balaban J connectivity index is 1.69. The molecule has 29 heavy (non-hydrogen) atoms. The Morgan fingerprint density at radius 1 is 1.10 bits per heavy atom. The van der Waals surface area contributed by atoms with E-state index < -0.39 is 13.5 Å². The zero-order chi connectivity index (χ0) is 20.6. The largest absolute Gasteiger partial charge is 0.635 e. The van der Waals surface area contributed by atoms with Crippen LogP contribution in [-0.2, 0) is 22.3 Å². The van der Waals surface area contributed by atoms with Gasteiger partial charge in [0.25, 0.3) is 0 Å². The van der Waals surface area contributed by atoms with Gasteiger partial charge < -0.3 is 34.3 Å². The maximum Gasteiger partial charge on any atom is 0.635 e. The number of para-hydroxylation sites is 2. The van der Waals surface area contributed by atoms with Crippen LogP contribution in [0.2, 0.25) is 0 Å². The van der Waals surface area contributed by atoms with Crippen molar-refractivity contribution in [2.24, 2.45) is 0 Å². The van der Waals surface area contributed by atoms with Crippen molar-refractivity contribution in [3.63, 3.8) is 0 Å². The summed E-state index contributed by atoms with van der Waals surface area (Å²) in [6.07, 6.45) is 0.752. The number of benzene rings is 2. The molecule has 0 saturated heterocycles. The molecule has 2 aromatic carbocycles. The fourth-order valence-corrected chi connectivity index (χ4v) is 3.02. The Morgan fingerprint density at radius 2 is 1.86 bits per heavy atom. The molecular weight excluding hydrogens is 377 g/mol. The Bertz CT molecular complexity index is 943. The standard InChI is InChI=1S/C20H22BNO7/c23-9-10-27-17-7-3-1-5-14(17)11-19(24)22-20(29-21(25)26)12-15-13-28-18-8-4-2-6-16(15)18/h1-8,13,20,23,25-26H,9-12H2,(H,22,24)/t20-/m1/s1. The maximum atomic E-state index is 12.5. The summed E-state index contributed by atoms with van der Waals surface area (Å²) >= 11 is 0. The number of aliphatic hydroxyl groups is 1. The number of carbonyl (C=O) groups excluding carboxylic acids is 1. The molecule has 4 N–H and O–H groups in total.